The van der Waals surface area contributed by atoms with Crippen LogP contribution in [0.4, 0.5) is 0 Å². The van der Waals surface area contributed by atoms with Gasteiger partial charge in [0.25, 0.3) is 0 Å². The summed E-state index contributed by atoms with van der Waals surface area (Å²) in [5, 5.41) is 14.4. The Hall–Kier alpha value is -0.880. The van der Waals surface area contributed by atoms with Crippen LogP contribution in [0.15, 0.2) is 18.2 Å². The number of aliphatic hydroxyl groups is 1. The largest absolute Gasteiger partial charge is 0.391 e. The van der Waals surface area contributed by atoms with Crippen molar-refractivity contribution in [2.45, 2.75) is 32.4 Å². The molecule has 118 valence electrons. The van der Waals surface area contributed by atoms with Gasteiger partial charge in [-0.05, 0) is 55.1 Å². The first-order chi connectivity index (χ1) is 10.5. The molecular formula is C15H17Cl2N3OS. The Kier molecular flexibility index (Phi) is 4.59. The van der Waals surface area contributed by atoms with Gasteiger partial charge in [-0.15, -0.1) is 0 Å². The highest BCUT2D eigenvalue weighted by Crippen LogP contribution is 2.38. The number of hydrogen-bond donors (Lipinski definition) is 2. The fourth-order valence-electron chi connectivity index (χ4n) is 2.54. The second kappa shape index (κ2) is 6.32. The van der Waals surface area contributed by atoms with Gasteiger partial charge in [-0.1, -0.05) is 30.1 Å². The Morgan fingerprint density at radius 2 is 2.14 bits per heavy atom. The number of halogens is 2. The van der Waals surface area contributed by atoms with Crippen molar-refractivity contribution in [1.82, 2.24) is 14.8 Å². The first-order valence-corrected chi connectivity index (χ1v) is 8.42. The predicted molar refractivity (Wildman–Crippen MR) is 90.8 cm³/mol. The van der Waals surface area contributed by atoms with Crippen LogP contribution in [0.5, 0.6) is 0 Å². The van der Waals surface area contributed by atoms with E-state index in [4.69, 9.17) is 35.4 Å². The second-order valence-corrected chi connectivity index (χ2v) is 7.04. The highest BCUT2D eigenvalue weighted by Gasteiger charge is 2.32. The Morgan fingerprint density at radius 3 is 2.77 bits per heavy atom. The number of H-pyrrole nitrogens is 1. The molecule has 4 nitrogen and oxygen atoms in total. The average molecular weight is 358 g/mol. The van der Waals surface area contributed by atoms with Crippen molar-refractivity contribution in [2.75, 3.05) is 0 Å². The molecule has 1 fully saturated rings. The van der Waals surface area contributed by atoms with Crippen molar-refractivity contribution in [2.24, 2.45) is 11.8 Å². The molecule has 2 N–H and O–H groups in total. The molecule has 0 radical (unpaired) electrons. The molecular weight excluding hydrogens is 341 g/mol. The first kappa shape index (κ1) is 16.0. The topological polar surface area (TPSA) is 53.8 Å². The highest BCUT2D eigenvalue weighted by molar-refractivity contribution is 7.71. The van der Waals surface area contributed by atoms with Crippen molar-refractivity contribution < 1.29 is 5.11 Å². The van der Waals surface area contributed by atoms with Gasteiger partial charge in [0.05, 0.1) is 22.7 Å². The van der Waals surface area contributed by atoms with E-state index in [1.807, 2.05) is 6.07 Å². The lowest BCUT2D eigenvalue weighted by atomic mass is 9.99. The van der Waals surface area contributed by atoms with Crippen molar-refractivity contribution in [3.63, 3.8) is 0 Å². The predicted octanol–water partition coefficient (Wildman–Crippen LogP) is 4.32. The molecule has 0 bridgehead atoms. The lowest BCUT2D eigenvalue weighted by molar-refractivity contribution is 0.0839. The lowest BCUT2D eigenvalue weighted by Crippen LogP contribution is -2.25. The fourth-order valence-corrected chi connectivity index (χ4v) is 3.05. The minimum absolute atomic E-state index is 0.277. The van der Waals surface area contributed by atoms with E-state index in [1.165, 1.54) is 12.8 Å². The number of aliphatic hydroxyl groups excluding tert-OH is 1. The Balaban J connectivity index is 1.81. The van der Waals surface area contributed by atoms with Crippen LogP contribution in [-0.4, -0.2) is 26.0 Å². The average Bonchev–Trinajstić information content (AvgIpc) is 3.26. The van der Waals surface area contributed by atoms with Crippen LogP contribution in [0.1, 0.15) is 19.8 Å². The fraction of sp³-hybridized carbons (Fsp3) is 0.467. The number of nitrogens with one attached hydrogen (secondary N) is 1. The smallest absolute Gasteiger partial charge is 0.216 e. The van der Waals surface area contributed by atoms with Crippen molar-refractivity contribution in [3.8, 4) is 11.4 Å². The Labute approximate surface area is 144 Å². The minimum atomic E-state index is -0.429. The summed E-state index contributed by atoms with van der Waals surface area (Å²) in [5.41, 5.74) is 0.809. The molecule has 2 atom stereocenters. The van der Waals surface area contributed by atoms with E-state index in [1.54, 1.807) is 16.8 Å². The van der Waals surface area contributed by atoms with Crippen molar-refractivity contribution >= 4 is 35.4 Å². The van der Waals surface area contributed by atoms with Crippen LogP contribution in [0.3, 0.4) is 0 Å². The standard InChI is InChI=1S/C15H17Cl2N3OS/c1-8(9-2-3-9)13(21)7-20-15(22)18-14(19-20)10-4-5-11(16)12(17)6-10/h4-6,8-9,13,21H,2-3,7H2,1H3,(H,18,19,22). The van der Waals surface area contributed by atoms with Gasteiger partial charge < -0.3 is 5.11 Å². The van der Waals surface area contributed by atoms with Gasteiger partial charge in [0.1, 0.15) is 0 Å². The third-order valence-electron chi connectivity index (χ3n) is 4.21. The van der Waals surface area contributed by atoms with Gasteiger partial charge >= 0.3 is 0 Å². The Morgan fingerprint density at radius 1 is 1.41 bits per heavy atom. The molecule has 1 heterocycles. The Bertz CT molecular complexity index is 739. The van der Waals surface area contributed by atoms with Crippen LogP contribution in [0.25, 0.3) is 11.4 Å². The number of hydrogen-bond acceptors (Lipinski definition) is 3. The summed E-state index contributed by atoms with van der Waals surface area (Å²) in [7, 11) is 0. The molecule has 0 aliphatic heterocycles. The maximum atomic E-state index is 10.3. The van der Waals surface area contributed by atoms with Crippen LogP contribution in [0, 0.1) is 16.6 Å². The third-order valence-corrected chi connectivity index (χ3v) is 5.27. The van der Waals surface area contributed by atoms with Gasteiger partial charge in [0, 0.05) is 5.56 Å². The van der Waals surface area contributed by atoms with Crippen LogP contribution < -0.4 is 0 Å². The number of nitrogens with zero attached hydrogens (tertiary/aromatic N) is 2. The zero-order chi connectivity index (χ0) is 15.9. The number of rotatable bonds is 5. The molecule has 3 rings (SSSR count). The monoisotopic (exact) mass is 357 g/mol. The van der Waals surface area contributed by atoms with E-state index in [-0.39, 0.29) is 5.92 Å². The van der Waals surface area contributed by atoms with Crippen LogP contribution >= 0.6 is 35.4 Å². The summed E-state index contributed by atoms with van der Waals surface area (Å²) in [6, 6.07) is 5.29. The summed E-state index contributed by atoms with van der Waals surface area (Å²) in [6.07, 6.45) is 1.99. The molecule has 7 heteroatoms. The maximum Gasteiger partial charge on any atom is 0.216 e. The number of aromatic nitrogens is 3. The molecule has 1 aromatic carbocycles. The first-order valence-electron chi connectivity index (χ1n) is 7.26. The van der Waals surface area contributed by atoms with Crippen LogP contribution in [-0.2, 0) is 6.54 Å². The molecule has 1 aliphatic carbocycles. The highest BCUT2D eigenvalue weighted by atomic mass is 35.5. The molecule has 2 unspecified atom stereocenters. The van der Waals surface area contributed by atoms with Crippen molar-refractivity contribution in [3.05, 3.63) is 33.0 Å². The summed E-state index contributed by atoms with van der Waals surface area (Å²) in [5.74, 6) is 1.54. The number of aromatic amines is 1. The van der Waals surface area contributed by atoms with E-state index >= 15 is 0 Å². The molecule has 0 saturated heterocycles. The van der Waals surface area contributed by atoms with E-state index in [2.05, 4.69) is 17.0 Å². The van der Waals surface area contributed by atoms with E-state index in [9.17, 15) is 5.11 Å². The van der Waals surface area contributed by atoms with Gasteiger partial charge in [-0.25, -0.2) is 0 Å². The van der Waals surface area contributed by atoms with E-state index in [0.29, 0.717) is 33.1 Å². The van der Waals surface area contributed by atoms with E-state index in [0.717, 1.165) is 5.56 Å². The second-order valence-electron chi connectivity index (χ2n) is 5.86. The zero-order valence-corrected chi connectivity index (χ0v) is 14.4. The maximum absolute atomic E-state index is 10.3. The van der Waals surface area contributed by atoms with Crippen molar-refractivity contribution in [1.29, 1.82) is 0 Å². The molecule has 1 aliphatic rings. The molecule has 0 amide bonds. The SMILES string of the molecule is CC(C(O)Cn1[nH]c(-c2ccc(Cl)c(Cl)c2)nc1=S)C1CC1. The lowest BCUT2D eigenvalue weighted by Gasteiger charge is -2.18. The summed E-state index contributed by atoms with van der Waals surface area (Å²) in [4.78, 5) is 4.33. The van der Waals surface area contributed by atoms with Gasteiger partial charge in [-0.3, -0.25) is 9.78 Å². The summed E-state index contributed by atoms with van der Waals surface area (Å²) >= 11 is 17.2. The van der Waals surface area contributed by atoms with Gasteiger partial charge in [0.2, 0.25) is 4.77 Å². The zero-order valence-electron chi connectivity index (χ0n) is 12.1. The third kappa shape index (κ3) is 3.38. The van der Waals surface area contributed by atoms with Gasteiger partial charge in [0.15, 0.2) is 5.82 Å². The molecule has 1 saturated carbocycles. The normalized spacial score (nSPS) is 17.5. The molecule has 0 spiro atoms. The van der Waals surface area contributed by atoms with E-state index < -0.39 is 6.10 Å². The van der Waals surface area contributed by atoms with Gasteiger partial charge in [-0.2, -0.15) is 4.98 Å². The van der Waals surface area contributed by atoms with Crippen LogP contribution in [0.2, 0.25) is 10.0 Å². The molecule has 2 aromatic rings. The minimum Gasteiger partial charge on any atom is -0.391 e. The summed E-state index contributed by atoms with van der Waals surface area (Å²) < 4.78 is 2.12. The number of benzene rings is 1. The molecule has 22 heavy (non-hydrogen) atoms. The summed E-state index contributed by atoms with van der Waals surface area (Å²) in [6.45, 7) is 2.51. The quantitative estimate of drug-likeness (QED) is 0.783. The molecule has 1 aromatic heterocycles.